The predicted molar refractivity (Wildman–Crippen MR) is 75.9 cm³/mol. The SMILES string of the molecule is CCOC(=O)c1nc(-c2ccc(Br)cc2)ncc1C. The van der Waals surface area contributed by atoms with Crippen LogP contribution in [-0.2, 0) is 4.74 Å². The van der Waals surface area contributed by atoms with Crippen LogP contribution in [0.3, 0.4) is 0 Å². The fourth-order valence-corrected chi connectivity index (χ4v) is 1.85. The molecule has 2 aromatic rings. The number of esters is 1. The summed E-state index contributed by atoms with van der Waals surface area (Å²) in [5.74, 6) is 0.0990. The van der Waals surface area contributed by atoms with Crippen LogP contribution in [0.15, 0.2) is 34.9 Å². The van der Waals surface area contributed by atoms with Gasteiger partial charge in [0.15, 0.2) is 11.5 Å². The molecule has 0 aliphatic carbocycles. The van der Waals surface area contributed by atoms with Gasteiger partial charge >= 0.3 is 5.97 Å². The van der Waals surface area contributed by atoms with Crippen LogP contribution in [0.1, 0.15) is 23.0 Å². The number of halogens is 1. The van der Waals surface area contributed by atoms with E-state index in [1.807, 2.05) is 24.3 Å². The van der Waals surface area contributed by atoms with Gasteiger partial charge in [0.25, 0.3) is 0 Å². The molecule has 0 spiro atoms. The first-order valence-corrected chi connectivity index (χ1v) is 6.68. The lowest BCUT2D eigenvalue weighted by molar-refractivity contribution is 0.0518. The van der Waals surface area contributed by atoms with E-state index in [1.165, 1.54) is 0 Å². The molecule has 0 saturated carbocycles. The van der Waals surface area contributed by atoms with E-state index in [2.05, 4.69) is 25.9 Å². The summed E-state index contributed by atoms with van der Waals surface area (Å²) in [6.45, 7) is 3.89. The number of benzene rings is 1. The minimum Gasteiger partial charge on any atom is -0.461 e. The Hall–Kier alpha value is -1.75. The highest BCUT2D eigenvalue weighted by Gasteiger charge is 2.14. The molecule has 2 rings (SSSR count). The average molecular weight is 321 g/mol. The van der Waals surface area contributed by atoms with Gasteiger partial charge in [-0.2, -0.15) is 0 Å². The van der Waals surface area contributed by atoms with Crippen LogP contribution in [0.25, 0.3) is 11.4 Å². The van der Waals surface area contributed by atoms with Crippen LogP contribution in [0.4, 0.5) is 0 Å². The summed E-state index contributed by atoms with van der Waals surface area (Å²) in [7, 11) is 0. The molecule has 5 heteroatoms. The van der Waals surface area contributed by atoms with Crippen LogP contribution in [0, 0.1) is 6.92 Å². The molecule has 0 saturated heterocycles. The summed E-state index contributed by atoms with van der Waals surface area (Å²) in [5, 5.41) is 0. The Kier molecular flexibility index (Phi) is 4.27. The van der Waals surface area contributed by atoms with Gasteiger partial charge in [-0.25, -0.2) is 14.8 Å². The molecule has 19 heavy (non-hydrogen) atoms. The lowest BCUT2D eigenvalue weighted by Crippen LogP contribution is -2.10. The Morgan fingerprint density at radius 2 is 2.00 bits per heavy atom. The van der Waals surface area contributed by atoms with Crippen molar-refractivity contribution in [3.63, 3.8) is 0 Å². The van der Waals surface area contributed by atoms with Crippen molar-refractivity contribution in [3.05, 3.63) is 46.2 Å². The molecule has 4 nitrogen and oxygen atoms in total. The fourth-order valence-electron chi connectivity index (χ4n) is 1.59. The second-order valence-corrected chi connectivity index (χ2v) is 4.87. The summed E-state index contributed by atoms with van der Waals surface area (Å²) < 4.78 is 5.96. The highest BCUT2D eigenvalue weighted by Crippen LogP contribution is 2.19. The summed E-state index contributed by atoms with van der Waals surface area (Å²) >= 11 is 3.37. The minimum atomic E-state index is -0.416. The molecule has 0 atom stereocenters. The highest BCUT2D eigenvalue weighted by atomic mass is 79.9. The van der Waals surface area contributed by atoms with Gasteiger partial charge in [0.1, 0.15) is 0 Å². The number of aromatic nitrogens is 2. The van der Waals surface area contributed by atoms with Crippen LogP contribution in [0.2, 0.25) is 0 Å². The largest absolute Gasteiger partial charge is 0.461 e. The average Bonchev–Trinajstić information content (AvgIpc) is 2.40. The van der Waals surface area contributed by atoms with Gasteiger partial charge in [-0.05, 0) is 26.0 Å². The van der Waals surface area contributed by atoms with Crippen molar-refractivity contribution in [2.45, 2.75) is 13.8 Å². The maximum absolute atomic E-state index is 11.8. The standard InChI is InChI=1S/C14H13BrN2O2/c1-3-19-14(18)12-9(2)8-16-13(17-12)10-4-6-11(15)7-5-10/h4-8H,3H2,1-2H3. The summed E-state index contributed by atoms with van der Waals surface area (Å²) in [6.07, 6.45) is 1.64. The molecule has 1 aromatic heterocycles. The van der Waals surface area contributed by atoms with Crippen molar-refractivity contribution < 1.29 is 9.53 Å². The molecule has 0 fully saturated rings. The minimum absolute atomic E-state index is 0.315. The zero-order valence-corrected chi connectivity index (χ0v) is 12.3. The van der Waals surface area contributed by atoms with E-state index in [9.17, 15) is 4.79 Å². The van der Waals surface area contributed by atoms with E-state index >= 15 is 0 Å². The Morgan fingerprint density at radius 1 is 1.32 bits per heavy atom. The number of rotatable bonds is 3. The van der Waals surface area contributed by atoms with Crippen LogP contribution in [-0.4, -0.2) is 22.5 Å². The van der Waals surface area contributed by atoms with Gasteiger partial charge in [-0.3, -0.25) is 0 Å². The van der Waals surface area contributed by atoms with Gasteiger partial charge in [0.05, 0.1) is 6.61 Å². The van der Waals surface area contributed by atoms with Crippen molar-refractivity contribution in [3.8, 4) is 11.4 Å². The van der Waals surface area contributed by atoms with Crippen LogP contribution < -0.4 is 0 Å². The third-order valence-electron chi connectivity index (χ3n) is 2.54. The number of carbonyl (C=O) groups is 1. The maximum Gasteiger partial charge on any atom is 0.357 e. The molecule has 0 N–H and O–H groups in total. The number of hydrogen-bond donors (Lipinski definition) is 0. The third kappa shape index (κ3) is 3.17. The Balaban J connectivity index is 2.40. The monoisotopic (exact) mass is 320 g/mol. The summed E-state index contributed by atoms with van der Waals surface area (Å²) in [5.41, 5.74) is 1.88. The van der Waals surface area contributed by atoms with Gasteiger partial charge < -0.3 is 4.74 Å². The molecule has 0 radical (unpaired) electrons. The van der Waals surface area contributed by atoms with Crippen molar-refractivity contribution >= 4 is 21.9 Å². The number of carbonyl (C=O) groups excluding carboxylic acids is 1. The van der Waals surface area contributed by atoms with E-state index in [-0.39, 0.29) is 0 Å². The lowest BCUT2D eigenvalue weighted by atomic mass is 10.2. The van der Waals surface area contributed by atoms with Gasteiger partial charge in [0, 0.05) is 21.8 Å². The lowest BCUT2D eigenvalue weighted by Gasteiger charge is -2.06. The quantitative estimate of drug-likeness (QED) is 0.813. The molecular formula is C14H13BrN2O2. The van der Waals surface area contributed by atoms with E-state index in [0.29, 0.717) is 23.7 Å². The fraction of sp³-hybridized carbons (Fsp3) is 0.214. The smallest absolute Gasteiger partial charge is 0.357 e. The third-order valence-corrected chi connectivity index (χ3v) is 3.07. The maximum atomic E-state index is 11.8. The Labute approximate surface area is 120 Å². The van der Waals surface area contributed by atoms with Crippen molar-refractivity contribution in [1.29, 1.82) is 0 Å². The molecule has 1 aromatic carbocycles. The first-order valence-electron chi connectivity index (χ1n) is 5.88. The molecule has 0 aliphatic heterocycles. The van der Waals surface area contributed by atoms with Crippen LogP contribution in [0.5, 0.6) is 0 Å². The summed E-state index contributed by atoms with van der Waals surface area (Å²) in [4.78, 5) is 20.3. The second kappa shape index (κ2) is 5.93. The first-order chi connectivity index (χ1) is 9.11. The number of aryl methyl sites for hydroxylation is 1. The molecule has 98 valence electrons. The molecule has 0 bridgehead atoms. The van der Waals surface area contributed by atoms with E-state index < -0.39 is 5.97 Å². The van der Waals surface area contributed by atoms with Crippen molar-refractivity contribution in [2.75, 3.05) is 6.61 Å². The second-order valence-electron chi connectivity index (χ2n) is 3.95. The molecule has 1 heterocycles. The summed E-state index contributed by atoms with van der Waals surface area (Å²) in [6, 6.07) is 7.60. The molecule has 0 amide bonds. The Bertz CT molecular complexity index is 597. The molecular weight excluding hydrogens is 308 g/mol. The van der Waals surface area contributed by atoms with Gasteiger partial charge in [-0.15, -0.1) is 0 Å². The molecule has 0 aliphatic rings. The topological polar surface area (TPSA) is 52.1 Å². The van der Waals surface area contributed by atoms with Crippen molar-refractivity contribution in [1.82, 2.24) is 9.97 Å². The first kappa shape index (κ1) is 13.7. The van der Waals surface area contributed by atoms with Crippen LogP contribution >= 0.6 is 15.9 Å². The highest BCUT2D eigenvalue weighted by molar-refractivity contribution is 9.10. The van der Waals surface area contributed by atoms with Gasteiger partial charge in [0.2, 0.25) is 0 Å². The van der Waals surface area contributed by atoms with Gasteiger partial charge in [-0.1, -0.05) is 28.1 Å². The zero-order chi connectivity index (χ0) is 13.8. The Morgan fingerprint density at radius 3 is 2.63 bits per heavy atom. The number of ether oxygens (including phenoxy) is 1. The van der Waals surface area contributed by atoms with E-state index in [0.717, 1.165) is 10.0 Å². The predicted octanol–water partition coefficient (Wildman–Crippen LogP) is 3.39. The normalized spacial score (nSPS) is 10.3. The zero-order valence-electron chi connectivity index (χ0n) is 10.7. The van der Waals surface area contributed by atoms with Crippen molar-refractivity contribution in [2.24, 2.45) is 0 Å². The number of nitrogens with zero attached hydrogens (tertiary/aromatic N) is 2. The number of hydrogen-bond acceptors (Lipinski definition) is 4. The van der Waals surface area contributed by atoms with E-state index in [1.54, 1.807) is 20.0 Å². The molecule has 0 unspecified atom stereocenters. The van der Waals surface area contributed by atoms with E-state index in [4.69, 9.17) is 4.74 Å².